The van der Waals surface area contributed by atoms with Crippen molar-refractivity contribution in [3.8, 4) is 5.75 Å². The molecule has 0 bridgehead atoms. The van der Waals surface area contributed by atoms with Gasteiger partial charge in [0.05, 0.1) is 27.7 Å². The number of hydrogen-bond acceptors (Lipinski definition) is 5. The Bertz CT molecular complexity index is 1690. The van der Waals surface area contributed by atoms with E-state index in [0.717, 1.165) is 9.87 Å². The fourth-order valence-electron chi connectivity index (χ4n) is 4.75. The van der Waals surface area contributed by atoms with Gasteiger partial charge in [-0.1, -0.05) is 84.7 Å². The SMILES string of the molecule is CCCNC(=O)C(Cc1ccccc1)N(Cc1ccc(Cl)c(Cl)c1)C(=O)CN(c1ccccc1)S(=O)(=O)c1ccc(OC)cc1. The van der Waals surface area contributed by atoms with E-state index in [2.05, 4.69) is 5.32 Å². The highest BCUT2D eigenvalue weighted by molar-refractivity contribution is 7.92. The predicted octanol–water partition coefficient (Wildman–Crippen LogP) is 6.36. The van der Waals surface area contributed by atoms with Crippen LogP contribution in [0.2, 0.25) is 10.0 Å². The molecular weight excluding hydrogens is 633 g/mol. The number of rotatable bonds is 14. The van der Waals surface area contributed by atoms with Crippen LogP contribution >= 0.6 is 23.2 Å². The lowest BCUT2D eigenvalue weighted by Gasteiger charge is -2.34. The lowest BCUT2D eigenvalue weighted by atomic mass is 10.0. The molecule has 0 aliphatic carbocycles. The molecule has 1 atom stereocenters. The average molecular weight is 669 g/mol. The molecule has 4 rings (SSSR count). The van der Waals surface area contributed by atoms with E-state index < -0.39 is 28.5 Å². The second-order valence-electron chi connectivity index (χ2n) is 10.3. The number of ether oxygens (including phenoxy) is 1. The molecule has 0 heterocycles. The van der Waals surface area contributed by atoms with Gasteiger partial charge in [-0.25, -0.2) is 8.42 Å². The van der Waals surface area contributed by atoms with Crippen LogP contribution in [0.5, 0.6) is 5.75 Å². The number of methoxy groups -OCH3 is 1. The molecule has 0 aromatic heterocycles. The number of carbonyl (C=O) groups is 2. The molecule has 4 aromatic carbocycles. The summed E-state index contributed by atoms with van der Waals surface area (Å²) >= 11 is 12.5. The van der Waals surface area contributed by atoms with Gasteiger partial charge in [-0.3, -0.25) is 13.9 Å². The van der Waals surface area contributed by atoms with Crippen LogP contribution in [0, 0.1) is 0 Å². The van der Waals surface area contributed by atoms with Gasteiger partial charge in [0.1, 0.15) is 18.3 Å². The first kappa shape index (κ1) is 33.8. The fourth-order valence-corrected chi connectivity index (χ4v) is 6.49. The summed E-state index contributed by atoms with van der Waals surface area (Å²) in [6.45, 7) is 1.78. The molecule has 1 unspecified atom stereocenters. The van der Waals surface area contributed by atoms with Crippen molar-refractivity contribution in [2.45, 2.75) is 37.2 Å². The highest BCUT2D eigenvalue weighted by Gasteiger charge is 2.34. The lowest BCUT2D eigenvalue weighted by molar-refractivity contribution is -0.140. The number of halogens is 2. The number of hydrogen-bond donors (Lipinski definition) is 1. The van der Waals surface area contributed by atoms with Crippen molar-refractivity contribution in [2.24, 2.45) is 0 Å². The normalized spacial score (nSPS) is 11.8. The third-order valence-electron chi connectivity index (χ3n) is 7.13. The van der Waals surface area contributed by atoms with Crippen LogP contribution in [0.4, 0.5) is 5.69 Å². The van der Waals surface area contributed by atoms with E-state index in [-0.39, 0.29) is 23.8 Å². The Morgan fingerprint density at radius 1 is 0.844 bits per heavy atom. The summed E-state index contributed by atoms with van der Waals surface area (Å²) in [5.74, 6) is -0.432. The highest BCUT2D eigenvalue weighted by atomic mass is 35.5. The second-order valence-corrected chi connectivity index (χ2v) is 13.0. The van der Waals surface area contributed by atoms with Crippen LogP contribution in [0.1, 0.15) is 24.5 Å². The maximum absolute atomic E-state index is 14.4. The Kier molecular flexibility index (Phi) is 11.9. The smallest absolute Gasteiger partial charge is 0.264 e. The summed E-state index contributed by atoms with van der Waals surface area (Å²) in [5, 5.41) is 3.57. The third kappa shape index (κ3) is 8.78. The summed E-state index contributed by atoms with van der Waals surface area (Å²) in [4.78, 5) is 29.5. The molecule has 236 valence electrons. The number of para-hydroxylation sites is 1. The molecule has 4 aromatic rings. The van der Waals surface area contributed by atoms with E-state index in [9.17, 15) is 18.0 Å². The highest BCUT2D eigenvalue weighted by Crippen LogP contribution is 2.27. The summed E-state index contributed by atoms with van der Waals surface area (Å²) in [6.07, 6.45) is 0.909. The Balaban J connectivity index is 1.79. The molecule has 0 radical (unpaired) electrons. The Labute approximate surface area is 274 Å². The molecule has 0 saturated carbocycles. The zero-order valence-electron chi connectivity index (χ0n) is 25.0. The number of nitrogens with zero attached hydrogens (tertiary/aromatic N) is 2. The van der Waals surface area contributed by atoms with Gasteiger partial charge in [-0.05, 0) is 66.1 Å². The van der Waals surface area contributed by atoms with Gasteiger partial charge >= 0.3 is 0 Å². The molecule has 2 amide bonds. The molecule has 11 heteroatoms. The maximum atomic E-state index is 14.4. The first-order chi connectivity index (χ1) is 21.6. The minimum absolute atomic E-state index is 0.0159. The van der Waals surface area contributed by atoms with E-state index in [1.807, 2.05) is 37.3 Å². The van der Waals surface area contributed by atoms with E-state index in [4.69, 9.17) is 27.9 Å². The number of sulfonamides is 1. The first-order valence-electron chi connectivity index (χ1n) is 14.4. The van der Waals surface area contributed by atoms with Crippen LogP contribution < -0.4 is 14.4 Å². The summed E-state index contributed by atoms with van der Waals surface area (Å²) in [7, 11) is -2.73. The van der Waals surface area contributed by atoms with Gasteiger partial charge in [0.25, 0.3) is 10.0 Å². The van der Waals surface area contributed by atoms with Gasteiger partial charge in [0.15, 0.2) is 0 Å². The average Bonchev–Trinajstić information content (AvgIpc) is 3.06. The van der Waals surface area contributed by atoms with Crippen LogP contribution in [-0.2, 0) is 32.6 Å². The monoisotopic (exact) mass is 667 g/mol. The van der Waals surface area contributed by atoms with Crippen LogP contribution in [0.15, 0.2) is 108 Å². The van der Waals surface area contributed by atoms with E-state index in [1.54, 1.807) is 60.7 Å². The van der Waals surface area contributed by atoms with Gasteiger partial charge in [-0.15, -0.1) is 0 Å². The van der Waals surface area contributed by atoms with Crippen molar-refractivity contribution >= 4 is 50.7 Å². The lowest BCUT2D eigenvalue weighted by Crippen LogP contribution is -2.53. The fraction of sp³-hybridized carbons (Fsp3) is 0.235. The minimum atomic E-state index is -4.22. The molecule has 0 saturated heterocycles. The third-order valence-corrected chi connectivity index (χ3v) is 9.65. The van der Waals surface area contributed by atoms with E-state index >= 15 is 0 Å². The summed E-state index contributed by atoms with van der Waals surface area (Å²) in [5.41, 5.74) is 1.77. The van der Waals surface area contributed by atoms with Crippen molar-refractivity contribution in [2.75, 3.05) is 24.5 Å². The van der Waals surface area contributed by atoms with E-state index in [1.165, 1.54) is 24.1 Å². The number of anilines is 1. The zero-order valence-corrected chi connectivity index (χ0v) is 27.4. The molecular formula is C34H35Cl2N3O5S. The van der Waals surface area contributed by atoms with Gasteiger partial charge in [0, 0.05) is 19.5 Å². The number of carbonyl (C=O) groups excluding carboxylic acids is 2. The van der Waals surface area contributed by atoms with Crippen LogP contribution in [0.3, 0.4) is 0 Å². The summed E-state index contributed by atoms with van der Waals surface area (Å²) in [6, 6.07) is 27.7. The quantitative estimate of drug-likeness (QED) is 0.169. The molecule has 0 aliphatic heterocycles. The Hall–Kier alpha value is -4.05. The molecule has 0 spiro atoms. The molecule has 0 aliphatic rings. The van der Waals surface area contributed by atoms with Crippen molar-refractivity contribution < 1.29 is 22.7 Å². The Morgan fingerprint density at radius 2 is 1.49 bits per heavy atom. The van der Waals surface area contributed by atoms with Crippen LogP contribution in [0.25, 0.3) is 0 Å². The number of benzene rings is 4. The maximum Gasteiger partial charge on any atom is 0.264 e. The molecule has 1 N–H and O–H groups in total. The second kappa shape index (κ2) is 15.8. The zero-order chi connectivity index (χ0) is 32.4. The first-order valence-corrected chi connectivity index (χ1v) is 16.6. The van der Waals surface area contributed by atoms with Gasteiger partial charge in [-0.2, -0.15) is 0 Å². The Morgan fingerprint density at radius 3 is 2.09 bits per heavy atom. The predicted molar refractivity (Wildman–Crippen MR) is 178 cm³/mol. The standard InChI is InChI=1S/C34H35Cl2N3O5S/c1-3-20-37-34(41)32(22-25-10-6-4-7-11-25)38(23-26-14-19-30(35)31(36)21-26)33(40)24-39(27-12-8-5-9-13-27)45(42,43)29-17-15-28(44-2)16-18-29/h4-19,21,32H,3,20,22-24H2,1-2H3,(H,37,41). The largest absolute Gasteiger partial charge is 0.497 e. The van der Waals surface area contributed by atoms with Crippen molar-refractivity contribution in [1.82, 2.24) is 10.2 Å². The molecule has 8 nitrogen and oxygen atoms in total. The van der Waals surface area contributed by atoms with E-state index in [0.29, 0.717) is 40.0 Å². The van der Waals surface area contributed by atoms with Gasteiger partial charge in [0.2, 0.25) is 11.8 Å². The molecule has 0 fully saturated rings. The van der Waals surface area contributed by atoms with Crippen molar-refractivity contribution in [3.63, 3.8) is 0 Å². The van der Waals surface area contributed by atoms with Crippen LogP contribution in [-0.4, -0.2) is 51.4 Å². The van der Waals surface area contributed by atoms with Gasteiger partial charge < -0.3 is 15.0 Å². The minimum Gasteiger partial charge on any atom is -0.497 e. The van der Waals surface area contributed by atoms with Crippen molar-refractivity contribution in [1.29, 1.82) is 0 Å². The topological polar surface area (TPSA) is 96.0 Å². The number of nitrogens with one attached hydrogen (secondary N) is 1. The molecule has 45 heavy (non-hydrogen) atoms. The number of amides is 2. The summed E-state index contributed by atoms with van der Waals surface area (Å²) < 4.78 is 34.4. The van der Waals surface area contributed by atoms with Crippen molar-refractivity contribution in [3.05, 3.63) is 124 Å².